The molecule has 0 aromatic carbocycles. The van der Waals surface area contributed by atoms with Crippen molar-refractivity contribution in [1.29, 1.82) is 0 Å². The van der Waals surface area contributed by atoms with E-state index in [4.69, 9.17) is 4.74 Å². The molecule has 0 spiro atoms. The number of amides is 1. The molecule has 1 saturated heterocycles. The molecule has 0 radical (unpaired) electrons. The number of ether oxygens (including phenoxy) is 1. The molecule has 0 aliphatic carbocycles. The van der Waals surface area contributed by atoms with Gasteiger partial charge in [0, 0.05) is 37.7 Å². The number of hydrogen-bond acceptors (Lipinski definition) is 5. The van der Waals surface area contributed by atoms with Gasteiger partial charge in [-0.25, -0.2) is 14.8 Å². The number of carbonyl (C=O) groups is 1. The Morgan fingerprint density at radius 3 is 2.65 bits per heavy atom. The third kappa shape index (κ3) is 4.36. The molecule has 2 rings (SSSR count). The van der Waals surface area contributed by atoms with Crippen molar-refractivity contribution in [3.63, 3.8) is 0 Å². The number of aromatic nitrogens is 2. The number of carbonyl (C=O) groups excluding carboxylic acids is 1. The van der Waals surface area contributed by atoms with Gasteiger partial charge in [0.15, 0.2) is 0 Å². The molecule has 20 heavy (non-hydrogen) atoms. The summed E-state index contributed by atoms with van der Waals surface area (Å²) in [5.41, 5.74) is -0.265. The highest BCUT2D eigenvalue weighted by Crippen LogP contribution is 2.19. The summed E-state index contributed by atoms with van der Waals surface area (Å²) in [4.78, 5) is 22.0. The third-order valence-electron chi connectivity index (χ3n) is 3.08. The summed E-state index contributed by atoms with van der Waals surface area (Å²) >= 11 is 0. The Hall–Kier alpha value is -1.85. The lowest BCUT2D eigenvalue weighted by molar-refractivity contribution is 0.0776. The molecule has 2 heterocycles. The van der Waals surface area contributed by atoms with Crippen molar-refractivity contribution in [2.75, 3.05) is 18.0 Å². The Bertz CT molecular complexity index is 436. The molecule has 6 heteroatoms. The average Bonchev–Trinajstić information content (AvgIpc) is 2.38. The second-order valence-electron chi connectivity index (χ2n) is 6.03. The quantitative estimate of drug-likeness (QED) is 0.896. The van der Waals surface area contributed by atoms with Crippen LogP contribution in [-0.2, 0) is 4.74 Å². The summed E-state index contributed by atoms with van der Waals surface area (Å²) < 4.78 is 5.44. The minimum atomic E-state index is -0.335. The van der Waals surface area contributed by atoms with Crippen LogP contribution in [0.5, 0.6) is 0 Å². The highest BCUT2D eigenvalue weighted by molar-refractivity contribution is 5.68. The van der Waals surface area contributed by atoms with E-state index in [2.05, 4.69) is 20.2 Å². The van der Waals surface area contributed by atoms with Crippen molar-refractivity contribution >= 4 is 11.9 Å². The SMILES string of the molecule is CC(C)(C)NC(=O)OC1CCN(c2ccncn2)CC1. The summed E-state index contributed by atoms with van der Waals surface area (Å²) in [5.74, 6) is 0.928. The summed E-state index contributed by atoms with van der Waals surface area (Å²) in [6, 6.07) is 1.90. The number of nitrogens with one attached hydrogen (secondary N) is 1. The molecule has 0 bridgehead atoms. The van der Waals surface area contributed by atoms with Crippen LogP contribution in [0.1, 0.15) is 33.6 Å². The van der Waals surface area contributed by atoms with Crippen molar-refractivity contribution in [3.05, 3.63) is 18.6 Å². The smallest absolute Gasteiger partial charge is 0.407 e. The van der Waals surface area contributed by atoms with Crippen LogP contribution in [0.4, 0.5) is 10.6 Å². The molecule has 0 saturated carbocycles. The molecule has 1 aliphatic rings. The van der Waals surface area contributed by atoms with Gasteiger partial charge in [-0.2, -0.15) is 0 Å². The second kappa shape index (κ2) is 6.07. The van der Waals surface area contributed by atoms with Gasteiger partial charge in [-0.3, -0.25) is 0 Å². The van der Waals surface area contributed by atoms with E-state index in [0.717, 1.165) is 31.7 Å². The lowest BCUT2D eigenvalue weighted by Gasteiger charge is -2.32. The van der Waals surface area contributed by atoms with E-state index in [-0.39, 0.29) is 17.7 Å². The molecular formula is C14H22N4O2. The van der Waals surface area contributed by atoms with Gasteiger partial charge in [0.25, 0.3) is 0 Å². The lowest BCUT2D eigenvalue weighted by atomic mass is 10.1. The zero-order chi connectivity index (χ0) is 14.6. The second-order valence-corrected chi connectivity index (χ2v) is 6.03. The minimum Gasteiger partial charge on any atom is -0.446 e. The first-order valence-electron chi connectivity index (χ1n) is 6.94. The fourth-order valence-corrected chi connectivity index (χ4v) is 2.16. The molecule has 1 aliphatic heterocycles. The fourth-order valence-electron chi connectivity index (χ4n) is 2.16. The fraction of sp³-hybridized carbons (Fsp3) is 0.643. The van der Waals surface area contributed by atoms with E-state index >= 15 is 0 Å². The van der Waals surface area contributed by atoms with Gasteiger partial charge in [-0.05, 0) is 26.8 Å². The molecule has 1 amide bonds. The van der Waals surface area contributed by atoms with E-state index in [1.165, 1.54) is 0 Å². The number of rotatable bonds is 2. The van der Waals surface area contributed by atoms with Crippen molar-refractivity contribution in [1.82, 2.24) is 15.3 Å². The van der Waals surface area contributed by atoms with Crippen molar-refractivity contribution in [2.24, 2.45) is 0 Å². The van der Waals surface area contributed by atoms with Gasteiger partial charge < -0.3 is 15.0 Å². The molecular weight excluding hydrogens is 256 g/mol. The maximum atomic E-state index is 11.7. The monoisotopic (exact) mass is 278 g/mol. The van der Waals surface area contributed by atoms with Crippen LogP contribution in [-0.4, -0.2) is 40.8 Å². The summed E-state index contributed by atoms with van der Waals surface area (Å²) in [7, 11) is 0. The largest absolute Gasteiger partial charge is 0.446 e. The van der Waals surface area contributed by atoms with Crippen molar-refractivity contribution in [2.45, 2.75) is 45.3 Å². The van der Waals surface area contributed by atoms with Crippen LogP contribution in [0.15, 0.2) is 18.6 Å². The van der Waals surface area contributed by atoms with Gasteiger partial charge in [0.2, 0.25) is 0 Å². The first-order valence-corrected chi connectivity index (χ1v) is 6.94. The van der Waals surface area contributed by atoms with E-state index in [9.17, 15) is 4.79 Å². The van der Waals surface area contributed by atoms with Gasteiger partial charge in [0.05, 0.1) is 0 Å². The standard InChI is InChI=1S/C14H22N4O2/c1-14(2,3)17-13(19)20-11-5-8-18(9-6-11)12-4-7-15-10-16-12/h4,7,10-11H,5-6,8-9H2,1-3H3,(H,17,19). The van der Waals surface area contributed by atoms with Gasteiger partial charge in [-0.1, -0.05) is 0 Å². The third-order valence-corrected chi connectivity index (χ3v) is 3.08. The van der Waals surface area contributed by atoms with Crippen LogP contribution >= 0.6 is 0 Å². The molecule has 110 valence electrons. The van der Waals surface area contributed by atoms with Crippen LogP contribution in [0.3, 0.4) is 0 Å². The number of hydrogen-bond donors (Lipinski definition) is 1. The zero-order valence-corrected chi connectivity index (χ0v) is 12.3. The molecule has 6 nitrogen and oxygen atoms in total. The Morgan fingerprint density at radius 1 is 1.40 bits per heavy atom. The Balaban J connectivity index is 1.79. The van der Waals surface area contributed by atoms with Crippen molar-refractivity contribution < 1.29 is 9.53 Å². The number of anilines is 1. The normalized spacial score (nSPS) is 16.9. The molecule has 1 aromatic heterocycles. The van der Waals surface area contributed by atoms with E-state index in [0.29, 0.717) is 0 Å². The van der Waals surface area contributed by atoms with E-state index in [1.807, 2.05) is 26.8 Å². The highest BCUT2D eigenvalue weighted by atomic mass is 16.6. The van der Waals surface area contributed by atoms with E-state index < -0.39 is 0 Å². The maximum Gasteiger partial charge on any atom is 0.407 e. The number of nitrogens with zero attached hydrogens (tertiary/aromatic N) is 3. The molecule has 0 unspecified atom stereocenters. The maximum absolute atomic E-state index is 11.7. The Labute approximate surface area is 119 Å². The van der Waals surface area contributed by atoms with E-state index in [1.54, 1.807) is 12.5 Å². The molecule has 0 atom stereocenters. The first kappa shape index (κ1) is 14.6. The zero-order valence-electron chi connectivity index (χ0n) is 12.3. The lowest BCUT2D eigenvalue weighted by Crippen LogP contribution is -2.44. The Morgan fingerprint density at radius 2 is 2.10 bits per heavy atom. The minimum absolute atomic E-state index is 0.0181. The highest BCUT2D eigenvalue weighted by Gasteiger charge is 2.24. The number of alkyl carbamates (subject to hydrolysis) is 1. The molecule has 1 N–H and O–H groups in total. The van der Waals surface area contributed by atoms with Gasteiger partial charge >= 0.3 is 6.09 Å². The average molecular weight is 278 g/mol. The van der Waals surface area contributed by atoms with Gasteiger partial charge in [-0.15, -0.1) is 0 Å². The van der Waals surface area contributed by atoms with Crippen LogP contribution < -0.4 is 10.2 Å². The first-order chi connectivity index (χ1) is 9.44. The molecule has 1 fully saturated rings. The predicted octanol–water partition coefficient (Wildman–Crippen LogP) is 1.97. The summed E-state index contributed by atoms with van der Waals surface area (Å²) in [6.45, 7) is 7.48. The number of piperidine rings is 1. The topological polar surface area (TPSA) is 67.3 Å². The molecule has 1 aromatic rings. The summed E-state index contributed by atoms with van der Waals surface area (Å²) in [5, 5.41) is 2.81. The van der Waals surface area contributed by atoms with Crippen LogP contribution in [0.25, 0.3) is 0 Å². The summed E-state index contributed by atoms with van der Waals surface area (Å²) in [6.07, 6.45) is 4.58. The predicted molar refractivity (Wildman–Crippen MR) is 76.6 cm³/mol. The van der Waals surface area contributed by atoms with Crippen LogP contribution in [0.2, 0.25) is 0 Å². The van der Waals surface area contributed by atoms with Gasteiger partial charge in [0.1, 0.15) is 18.2 Å². The van der Waals surface area contributed by atoms with Crippen LogP contribution in [0, 0.1) is 0 Å². The Kier molecular flexibility index (Phi) is 4.42. The van der Waals surface area contributed by atoms with Crippen molar-refractivity contribution in [3.8, 4) is 0 Å².